The van der Waals surface area contributed by atoms with Crippen LogP contribution in [-0.4, -0.2) is 45.3 Å². The number of likely N-dealkylation sites (N-methyl/N-ethyl adjacent to an activating group) is 1. The molecule has 0 saturated carbocycles. The fourth-order valence-corrected chi connectivity index (χ4v) is 3.63. The van der Waals surface area contributed by atoms with E-state index in [2.05, 4.69) is 10.4 Å². The lowest BCUT2D eigenvalue weighted by atomic mass is 10.00. The molecule has 1 aromatic carbocycles. The smallest absolute Gasteiger partial charge is 0.244 e. The number of rotatable bonds is 6. The summed E-state index contributed by atoms with van der Waals surface area (Å²) in [5.74, 6) is 0.0539. The van der Waals surface area contributed by atoms with Gasteiger partial charge in [-0.15, -0.1) is 0 Å². The van der Waals surface area contributed by atoms with Gasteiger partial charge in [-0.2, -0.15) is 5.10 Å². The number of benzene rings is 1. The lowest BCUT2D eigenvalue weighted by Crippen LogP contribution is -2.43. The molecule has 25 heavy (non-hydrogen) atoms. The Labute approximate surface area is 148 Å². The van der Waals surface area contributed by atoms with Crippen molar-refractivity contribution in [3.63, 3.8) is 0 Å². The Morgan fingerprint density at radius 2 is 2.12 bits per heavy atom. The largest absolute Gasteiger partial charge is 0.388 e. The van der Waals surface area contributed by atoms with Crippen LogP contribution in [-0.2, 0) is 11.8 Å². The zero-order chi connectivity index (χ0) is 17.8. The monoisotopic (exact) mass is 342 g/mol. The summed E-state index contributed by atoms with van der Waals surface area (Å²) in [7, 11) is 3.63. The summed E-state index contributed by atoms with van der Waals surface area (Å²) in [5.41, 5.74) is 1.77. The number of carbonyl (C=O) groups is 1. The molecular formula is C19H26N4O2. The van der Waals surface area contributed by atoms with Gasteiger partial charge in [0.05, 0.1) is 12.3 Å². The number of aryl methyl sites for hydroxylation is 1. The first kappa shape index (κ1) is 17.6. The number of aromatic nitrogens is 2. The van der Waals surface area contributed by atoms with Crippen molar-refractivity contribution < 1.29 is 9.90 Å². The highest BCUT2D eigenvalue weighted by molar-refractivity contribution is 5.83. The normalized spacial score (nSPS) is 19.8. The zero-order valence-electron chi connectivity index (χ0n) is 14.8. The minimum absolute atomic E-state index is 0.0539. The predicted molar refractivity (Wildman–Crippen MR) is 95.8 cm³/mol. The lowest BCUT2D eigenvalue weighted by Gasteiger charge is -2.30. The van der Waals surface area contributed by atoms with Gasteiger partial charge in [0.25, 0.3) is 0 Å². The number of hydrogen-bond acceptors (Lipinski definition) is 4. The van der Waals surface area contributed by atoms with Gasteiger partial charge in [0, 0.05) is 31.4 Å². The van der Waals surface area contributed by atoms with E-state index in [9.17, 15) is 9.90 Å². The minimum atomic E-state index is -0.550. The third kappa shape index (κ3) is 3.91. The Hall–Kier alpha value is -2.18. The molecular weight excluding hydrogens is 316 g/mol. The Morgan fingerprint density at radius 3 is 2.76 bits per heavy atom. The molecule has 134 valence electrons. The molecule has 1 fully saturated rings. The van der Waals surface area contributed by atoms with Crippen molar-refractivity contribution in [1.82, 2.24) is 20.0 Å². The number of aliphatic hydroxyl groups excluding tert-OH is 1. The van der Waals surface area contributed by atoms with Crippen molar-refractivity contribution in [3.05, 3.63) is 53.9 Å². The average Bonchev–Trinajstić information content (AvgIpc) is 3.25. The molecule has 1 saturated heterocycles. The van der Waals surface area contributed by atoms with E-state index in [1.54, 1.807) is 17.9 Å². The number of amides is 1. The van der Waals surface area contributed by atoms with E-state index in [4.69, 9.17) is 0 Å². The van der Waals surface area contributed by atoms with Gasteiger partial charge in [-0.3, -0.25) is 9.48 Å². The van der Waals surface area contributed by atoms with Gasteiger partial charge in [0.15, 0.2) is 0 Å². The molecule has 6 heteroatoms. The van der Waals surface area contributed by atoms with Crippen LogP contribution in [0, 0.1) is 0 Å². The molecule has 0 radical (unpaired) electrons. The van der Waals surface area contributed by atoms with E-state index in [1.165, 1.54) is 0 Å². The van der Waals surface area contributed by atoms with Crippen LogP contribution in [0.5, 0.6) is 0 Å². The maximum absolute atomic E-state index is 13.1. The van der Waals surface area contributed by atoms with E-state index in [1.807, 2.05) is 48.5 Å². The lowest BCUT2D eigenvalue weighted by molar-refractivity contribution is -0.134. The van der Waals surface area contributed by atoms with Gasteiger partial charge in [-0.1, -0.05) is 30.3 Å². The van der Waals surface area contributed by atoms with Crippen molar-refractivity contribution >= 4 is 5.91 Å². The summed E-state index contributed by atoms with van der Waals surface area (Å²) in [6.45, 7) is 0.740. The average molecular weight is 342 g/mol. The van der Waals surface area contributed by atoms with Crippen molar-refractivity contribution in [3.8, 4) is 0 Å². The van der Waals surface area contributed by atoms with Crippen LogP contribution in [0.25, 0.3) is 0 Å². The molecule has 6 nitrogen and oxygen atoms in total. The van der Waals surface area contributed by atoms with Gasteiger partial charge in [0.1, 0.15) is 6.04 Å². The van der Waals surface area contributed by atoms with Crippen LogP contribution in [0.2, 0.25) is 0 Å². The van der Waals surface area contributed by atoms with E-state index in [-0.39, 0.29) is 11.9 Å². The molecule has 0 bridgehead atoms. The Bertz CT molecular complexity index is 700. The number of aliphatic hydroxyl groups is 1. The summed E-state index contributed by atoms with van der Waals surface area (Å²) >= 11 is 0. The van der Waals surface area contributed by atoms with Crippen LogP contribution >= 0.6 is 0 Å². The van der Waals surface area contributed by atoms with Gasteiger partial charge in [-0.25, -0.2) is 0 Å². The molecule has 1 amide bonds. The third-order valence-corrected chi connectivity index (χ3v) is 4.93. The number of likely N-dealkylation sites (tertiary alicyclic amines) is 1. The van der Waals surface area contributed by atoms with E-state index in [0.29, 0.717) is 6.42 Å². The minimum Gasteiger partial charge on any atom is -0.388 e. The van der Waals surface area contributed by atoms with Gasteiger partial charge < -0.3 is 15.3 Å². The van der Waals surface area contributed by atoms with E-state index < -0.39 is 12.1 Å². The van der Waals surface area contributed by atoms with Crippen LogP contribution in [0.1, 0.15) is 42.5 Å². The first-order valence-electron chi connectivity index (χ1n) is 8.79. The van der Waals surface area contributed by atoms with Gasteiger partial charge in [-0.05, 0) is 31.9 Å². The molecule has 0 spiro atoms. The molecule has 3 unspecified atom stereocenters. The highest BCUT2D eigenvalue weighted by Crippen LogP contribution is 2.29. The second-order valence-corrected chi connectivity index (χ2v) is 6.66. The predicted octanol–water partition coefficient (Wildman–Crippen LogP) is 1.80. The van der Waals surface area contributed by atoms with Crippen LogP contribution in [0.3, 0.4) is 0 Å². The maximum atomic E-state index is 13.1. The highest BCUT2D eigenvalue weighted by Gasteiger charge is 2.34. The Kier molecular flexibility index (Phi) is 5.50. The second-order valence-electron chi connectivity index (χ2n) is 6.66. The molecule has 2 heterocycles. The molecule has 2 N–H and O–H groups in total. The Morgan fingerprint density at radius 1 is 1.36 bits per heavy atom. The van der Waals surface area contributed by atoms with Crippen LogP contribution < -0.4 is 5.32 Å². The summed E-state index contributed by atoms with van der Waals surface area (Å²) in [4.78, 5) is 15.0. The van der Waals surface area contributed by atoms with Crippen LogP contribution in [0.4, 0.5) is 0 Å². The zero-order valence-corrected chi connectivity index (χ0v) is 14.8. The quantitative estimate of drug-likeness (QED) is 0.840. The van der Waals surface area contributed by atoms with Crippen molar-refractivity contribution in [2.75, 3.05) is 13.6 Å². The van der Waals surface area contributed by atoms with Gasteiger partial charge >= 0.3 is 0 Å². The van der Waals surface area contributed by atoms with Crippen molar-refractivity contribution in [2.24, 2.45) is 7.05 Å². The highest BCUT2D eigenvalue weighted by atomic mass is 16.3. The number of carbonyl (C=O) groups excluding carboxylic acids is 1. The van der Waals surface area contributed by atoms with Gasteiger partial charge in [0.2, 0.25) is 5.91 Å². The molecule has 2 aromatic rings. The summed E-state index contributed by atoms with van der Waals surface area (Å²) < 4.78 is 1.70. The molecule has 1 aliphatic rings. The van der Waals surface area contributed by atoms with Crippen molar-refractivity contribution in [1.29, 1.82) is 0 Å². The fraction of sp³-hybridized carbons (Fsp3) is 0.474. The Balaban J connectivity index is 1.71. The molecule has 1 aromatic heterocycles. The topological polar surface area (TPSA) is 70.4 Å². The van der Waals surface area contributed by atoms with Crippen LogP contribution in [0.15, 0.2) is 42.7 Å². The van der Waals surface area contributed by atoms with E-state index in [0.717, 1.165) is 30.5 Å². The van der Waals surface area contributed by atoms with Crippen molar-refractivity contribution in [2.45, 2.75) is 37.5 Å². The molecule has 0 aliphatic carbocycles. The molecule has 3 rings (SSSR count). The fourth-order valence-electron chi connectivity index (χ4n) is 3.63. The SMILES string of the molecule is CNC(C(=O)N1CCCC1CC(O)c1ccccc1)c1cnn(C)c1. The second kappa shape index (κ2) is 7.80. The number of hydrogen-bond donors (Lipinski definition) is 2. The van der Waals surface area contributed by atoms with E-state index >= 15 is 0 Å². The number of nitrogens with zero attached hydrogens (tertiary/aromatic N) is 3. The summed E-state index contributed by atoms with van der Waals surface area (Å²) in [5, 5.41) is 17.8. The first-order chi connectivity index (χ1) is 12.1. The number of nitrogens with one attached hydrogen (secondary N) is 1. The summed E-state index contributed by atoms with van der Waals surface area (Å²) in [6, 6.07) is 9.31. The summed E-state index contributed by atoms with van der Waals surface area (Å²) in [6.07, 6.45) is 5.51. The molecule has 3 atom stereocenters. The first-order valence-corrected chi connectivity index (χ1v) is 8.79. The molecule has 1 aliphatic heterocycles. The third-order valence-electron chi connectivity index (χ3n) is 4.93. The maximum Gasteiger partial charge on any atom is 0.244 e. The standard InChI is InChI=1S/C19H26N4O2/c1-20-18(15-12-21-22(2)13-15)19(25)23-10-6-9-16(23)11-17(24)14-7-4-3-5-8-14/h3-5,7-8,12-13,16-18,20,24H,6,9-11H2,1-2H3.